The van der Waals surface area contributed by atoms with Crippen LogP contribution in [0.5, 0.6) is 11.5 Å². The van der Waals surface area contributed by atoms with Crippen molar-refractivity contribution in [2.75, 3.05) is 5.01 Å². The van der Waals surface area contributed by atoms with Crippen LogP contribution in [0.15, 0.2) is 47.6 Å². The fraction of sp³-hybridized carbons (Fsp3) is 0.0952. The number of aryl methyl sites for hydroxylation is 1. The van der Waals surface area contributed by atoms with Crippen LogP contribution in [0, 0.1) is 18.3 Å². The summed E-state index contributed by atoms with van der Waals surface area (Å²) in [5.74, 6) is -0.505. The van der Waals surface area contributed by atoms with Crippen molar-refractivity contribution in [1.29, 1.82) is 5.26 Å². The molecule has 0 aliphatic carbocycles. The largest absolute Gasteiger partial charge is 0.454 e. The molecule has 0 spiro atoms. The van der Waals surface area contributed by atoms with Crippen molar-refractivity contribution in [3.8, 4) is 17.6 Å². The number of fused-ring (bicyclic) bond motifs is 1. The van der Waals surface area contributed by atoms with Crippen molar-refractivity contribution in [1.82, 2.24) is 4.98 Å². The van der Waals surface area contributed by atoms with Gasteiger partial charge in [-0.2, -0.15) is 15.4 Å². The number of nitrogens with zero attached hydrogens (tertiary/aromatic N) is 4. The minimum Gasteiger partial charge on any atom is -0.454 e. The number of pyridine rings is 1. The van der Waals surface area contributed by atoms with E-state index in [1.54, 1.807) is 12.1 Å². The molecule has 9 heteroatoms. The lowest BCUT2D eigenvalue weighted by atomic mass is 10.1. The van der Waals surface area contributed by atoms with Crippen LogP contribution in [0.25, 0.3) is 10.9 Å². The minimum atomic E-state index is -0.628. The molecule has 0 atom stereocenters. The zero-order valence-corrected chi connectivity index (χ0v) is 17.0. The van der Waals surface area contributed by atoms with Crippen LogP contribution in [0.2, 0.25) is 10.0 Å². The molecule has 0 N–H and O–H groups in total. The molecule has 0 saturated heterocycles. The van der Waals surface area contributed by atoms with Gasteiger partial charge < -0.3 is 4.74 Å². The summed E-state index contributed by atoms with van der Waals surface area (Å²) in [6, 6.07) is 13.8. The minimum absolute atomic E-state index is 0.137. The molecular weight excluding hydrogens is 427 g/mol. The van der Waals surface area contributed by atoms with Crippen LogP contribution in [-0.2, 0) is 9.59 Å². The summed E-state index contributed by atoms with van der Waals surface area (Å²) in [6.45, 7) is 1.91. The topological polar surface area (TPSA) is 95.6 Å². The molecule has 1 aliphatic heterocycles. The van der Waals surface area contributed by atoms with Crippen molar-refractivity contribution in [2.45, 2.75) is 13.3 Å². The van der Waals surface area contributed by atoms with Crippen LogP contribution in [0.1, 0.15) is 12.1 Å². The highest BCUT2D eigenvalue weighted by Gasteiger charge is 2.29. The first-order valence-electron chi connectivity index (χ1n) is 8.75. The SMILES string of the molecule is Cc1ccc2cc(Oc3c(Cl)cc(N4N=C(C#N)C(=O)CC4=O)cc3Cl)ccc2n1. The highest BCUT2D eigenvalue weighted by Crippen LogP contribution is 2.40. The number of ketones is 1. The van der Waals surface area contributed by atoms with Crippen LogP contribution in [-0.4, -0.2) is 22.4 Å². The van der Waals surface area contributed by atoms with Gasteiger partial charge in [0.1, 0.15) is 11.8 Å². The Morgan fingerprint density at radius 2 is 1.83 bits per heavy atom. The maximum Gasteiger partial charge on any atom is 0.255 e. The second-order valence-electron chi connectivity index (χ2n) is 6.51. The van der Waals surface area contributed by atoms with Gasteiger partial charge in [-0.05, 0) is 43.3 Å². The molecule has 1 amide bonds. The Morgan fingerprint density at radius 1 is 1.10 bits per heavy atom. The first-order chi connectivity index (χ1) is 14.4. The van der Waals surface area contributed by atoms with E-state index in [1.807, 2.05) is 31.2 Å². The van der Waals surface area contributed by atoms with Crippen molar-refractivity contribution < 1.29 is 14.3 Å². The van der Waals surface area contributed by atoms with Crippen molar-refractivity contribution in [2.24, 2.45) is 5.10 Å². The van der Waals surface area contributed by atoms with Crippen LogP contribution in [0.3, 0.4) is 0 Å². The second-order valence-corrected chi connectivity index (χ2v) is 7.33. The number of carbonyl (C=O) groups is 2. The lowest BCUT2D eigenvalue weighted by Gasteiger charge is -2.22. The molecule has 7 nitrogen and oxygen atoms in total. The van der Waals surface area contributed by atoms with Gasteiger partial charge in [0.25, 0.3) is 5.91 Å². The smallest absolute Gasteiger partial charge is 0.255 e. The number of ether oxygens (including phenoxy) is 1. The zero-order chi connectivity index (χ0) is 21.4. The Balaban J connectivity index is 1.68. The quantitative estimate of drug-likeness (QED) is 0.545. The number of hydrogen-bond acceptors (Lipinski definition) is 6. The van der Waals surface area contributed by atoms with Gasteiger partial charge >= 0.3 is 0 Å². The summed E-state index contributed by atoms with van der Waals surface area (Å²) < 4.78 is 5.87. The second kappa shape index (κ2) is 7.75. The highest BCUT2D eigenvalue weighted by atomic mass is 35.5. The zero-order valence-electron chi connectivity index (χ0n) is 15.5. The number of halogens is 2. The molecule has 4 rings (SSSR count). The van der Waals surface area contributed by atoms with Crippen molar-refractivity contribution in [3.63, 3.8) is 0 Å². The summed E-state index contributed by atoms with van der Waals surface area (Å²) in [4.78, 5) is 28.3. The van der Waals surface area contributed by atoms with Gasteiger partial charge in [0.15, 0.2) is 5.75 Å². The molecule has 3 aromatic rings. The molecule has 0 unspecified atom stereocenters. The predicted octanol–water partition coefficient (Wildman–Crippen LogP) is 4.83. The van der Waals surface area contributed by atoms with Crippen LogP contribution >= 0.6 is 23.2 Å². The predicted molar refractivity (Wildman–Crippen MR) is 113 cm³/mol. The lowest BCUT2D eigenvalue weighted by molar-refractivity contribution is -0.124. The van der Waals surface area contributed by atoms with Crippen molar-refractivity contribution in [3.05, 3.63) is 58.2 Å². The number of nitriles is 1. The van der Waals surface area contributed by atoms with Gasteiger partial charge in [0.05, 0.1) is 27.7 Å². The van der Waals surface area contributed by atoms with Gasteiger partial charge in [-0.15, -0.1) is 0 Å². The average Bonchev–Trinajstić information content (AvgIpc) is 2.70. The summed E-state index contributed by atoms with van der Waals surface area (Å²) in [6.07, 6.45) is -0.454. The number of rotatable bonds is 3. The highest BCUT2D eigenvalue weighted by molar-refractivity contribution is 6.50. The van der Waals surface area contributed by atoms with E-state index in [0.29, 0.717) is 5.75 Å². The van der Waals surface area contributed by atoms with E-state index in [4.69, 9.17) is 33.2 Å². The summed E-state index contributed by atoms with van der Waals surface area (Å²) in [5.41, 5.74) is 1.61. The lowest BCUT2D eigenvalue weighted by Crippen LogP contribution is -2.36. The Bertz CT molecular complexity index is 1270. The number of hydrazone groups is 1. The molecule has 0 fully saturated rings. The van der Waals surface area contributed by atoms with E-state index in [2.05, 4.69) is 10.1 Å². The molecule has 1 aromatic heterocycles. The van der Waals surface area contributed by atoms with Gasteiger partial charge in [-0.25, -0.2) is 0 Å². The molecule has 148 valence electrons. The van der Waals surface area contributed by atoms with E-state index in [9.17, 15) is 9.59 Å². The molecule has 30 heavy (non-hydrogen) atoms. The van der Waals surface area contributed by atoms with Gasteiger partial charge in [-0.1, -0.05) is 29.3 Å². The molecule has 0 radical (unpaired) electrons. The number of aromatic nitrogens is 1. The summed E-state index contributed by atoms with van der Waals surface area (Å²) in [7, 11) is 0. The number of amides is 1. The fourth-order valence-electron chi connectivity index (χ4n) is 2.95. The number of Topliss-reactive ketones (excluding diaryl/α,β-unsaturated/α-hetero) is 1. The Kier molecular flexibility index (Phi) is 5.12. The monoisotopic (exact) mass is 438 g/mol. The third-order valence-electron chi connectivity index (χ3n) is 4.37. The maximum atomic E-state index is 12.2. The van der Waals surface area contributed by atoms with E-state index in [-0.39, 0.29) is 27.2 Å². The molecule has 0 bridgehead atoms. The third-order valence-corrected chi connectivity index (χ3v) is 4.93. The van der Waals surface area contributed by atoms with E-state index >= 15 is 0 Å². The number of benzene rings is 2. The van der Waals surface area contributed by atoms with Gasteiger partial charge in [-0.3, -0.25) is 14.6 Å². The van der Waals surface area contributed by atoms with Crippen LogP contribution in [0.4, 0.5) is 5.69 Å². The van der Waals surface area contributed by atoms with E-state index in [0.717, 1.165) is 21.6 Å². The van der Waals surface area contributed by atoms with Crippen molar-refractivity contribution >= 4 is 57.2 Å². The normalized spacial score (nSPS) is 13.9. The molecule has 1 aliphatic rings. The fourth-order valence-corrected chi connectivity index (χ4v) is 3.50. The maximum absolute atomic E-state index is 12.2. The number of carbonyl (C=O) groups excluding carboxylic acids is 2. The van der Waals surface area contributed by atoms with Gasteiger partial charge in [0.2, 0.25) is 11.5 Å². The third kappa shape index (κ3) is 3.71. The number of hydrogen-bond donors (Lipinski definition) is 0. The molecular formula is C21H12Cl2N4O3. The number of anilines is 1. The Labute approximate surface area is 181 Å². The average molecular weight is 439 g/mol. The first kappa shape index (κ1) is 19.8. The molecule has 0 saturated carbocycles. The van der Waals surface area contributed by atoms with Crippen LogP contribution < -0.4 is 9.75 Å². The summed E-state index contributed by atoms with van der Waals surface area (Å²) >= 11 is 12.7. The first-order valence-corrected chi connectivity index (χ1v) is 9.50. The Morgan fingerprint density at radius 3 is 2.53 bits per heavy atom. The van der Waals surface area contributed by atoms with E-state index < -0.39 is 18.1 Å². The Hall–Kier alpha value is -3.47. The standard InChI is InChI=1S/C21H12Cl2N4O3/c1-11-2-3-12-6-14(4-5-17(12)25-11)30-21-15(22)7-13(8-16(21)23)27-20(29)9-19(28)18(10-24)26-27/h2-8H,9H2,1H3. The molecule has 2 aromatic carbocycles. The van der Waals surface area contributed by atoms with E-state index in [1.165, 1.54) is 12.1 Å². The van der Waals surface area contributed by atoms with Gasteiger partial charge in [0, 0.05) is 11.1 Å². The molecule has 2 heterocycles. The summed E-state index contributed by atoms with van der Waals surface area (Å²) in [5, 5.41) is 14.9.